The van der Waals surface area contributed by atoms with Crippen LogP contribution in [0.3, 0.4) is 0 Å². The van der Waals surface area contributed by atoms with Crippen molar-refractivity contribution in [3.05, 3.63) is 54.4 Å². The number of benzene rings is 2. The molecule has 4 rings (SSSR count). The van der Waals surface area contributed by atoms with Crippen LogP contribution in [-0.4, -0.2) is 9.55 Å². The maximum Gasteiger partial charge on any atom is 0.115 e. The van der Waals surface area contributed by atoms with Crippen LogP contribution >= 0.6 is 11.9 Å². The highest BCUT2D eigenvalue weighted by Gasteiger charge is 2.26. The first-order chi connectivity index (χ1) is 12.5. The van der Waals surface area contributed by atoms with Gasteiger partial charge in [-0.1, -0.05) is 45.4 Å². The summed E-state index contributed by atoms with van der Waals surface area (Å²) in [5.74, 6) is 2.02. The first kappa shape index (κ1) is 17.5. The number of hydrogen-bond donors (Lipinski definition) is 1. The Bertz CT molecular complexity index is 889. The number of nitrogens with zero attached hydrogens (tertiary/aromatic N) is 2. The smallest absolute Gasteiger partial charge is 0.115 e. The monoisotopic (exact) mass is 365 g/mol. The van der Waals surface area contributed by atoms with E-state index >= 15 is 0 Å². The highest BCUT2D eigenvalue weighted by Crippen LogP contribution is 2.34. The summed E-state index contributed by atoms with van der Waals surface area (Å²) >= 11 is 1.64. The summed E-state index contributed by atoms with van der Waals surface area (Å²) in [6.07, 6.45) is 4.10. The zero-order chi connectivity index (χ0) is 18.1. The van der Waals surface area contributed by atoms with Gasteiger partial charge in [-0.15, -0.1) is 0 Å². The van der Waals surface area contributed by atoms with Gasteiger partial charge in [-0.25, -0.2) is 4.98 Å². The van der Waals surface area contributed by atoms with Gasteiger partial charge >= 0.3 is 0 Å². The van der Waals surface area contributed by atoms with Crippen molar-refractivity contribution >= 4 is 28.7 Å². The predicted octanol–water partition coefficient (Wildman–Crippen LogP) is 6.25. The Hall–Kier alpha value is -1.94. The molecule has 136 valence electrons. The van der Waals surface area contributed by atoms with Crippen LogP contribution in [0.4, 0.5) is 5.69 Å². The van der Waals surface area contributed by atoms with Gasteiger partial charge in [0.1, 0.15) is 5.82 Å². The number of anilines is 1. The predicted molar refractivity (Wildman–Crippen MR) is 112 cm³/mol. The standard InChI is InChI=1S/C22H27N3S/c1-22(2,3)21-23-19-14-17(24-26-18-10-5-4-6-11-18)12-13-20(19)25(21)15-16-8-7-9-16/h4-6,10-14,16,24H,7-9,15H2,1-3H3. The van der Waals surface area contributed by atoms with E-state index in [-0.39, 0.29) is 5.41 Å². The second kappa shape index (κ2) is 6.99. The molecule has 0 aliphatic heterocycles. The fourth-order valence-electron chi connectivity index (χ4n) is 3.49. The molecule has 0 amide bonds. The topological polar surface area (TPSA) is 29.9 Å². The first-order valence-electron chi connectivity index (χ1n) is 9.49. The fraction of sp³-hybridized carbons (Fsp3) is 0.409. The van der Waals surface area contributed by atoms with Crippen LogP contribution in [0.25, 0.3) is 11.0 Å². The van der Waals surface area contributed by atoms with Gasteiger partial charge in [0.05, 0.1) is 11.0 Å². The number of hydrogen-bond acceptors (Lipinski definition) is 3. The zero-order valence-electron chi connectivity index (χ0n) is 15.8. The van der Waals surface area contributed by atoms with Crippen molar-refractivity contribution in [1.82, 2.24) is 9.55 Å². The van der Waals surface area contributed by atoms with Crippen LogP contribution in [0.2, 0.25) is 0 Å². The van der Waals surface area contributed by atoms with Crippen LogP contribution in [0, 0.1) is 5.92 Å². The van der Waals surface area contributed by atoms with E-state index in [0.717, 1.165) is 23.7 Å². The summed E-state index contributed by atoms with van der Waals surface area (Å²) in [5, 5.41) is 0. The van der Waals surface area contributed by atoms with Crippen molar-refractivity contribution in [2.75, 3.05) is 4.72 Å². The summed E-state index contributed by atoms with van der Waals surface area (Å²) in [7, 11) is 0. The van der Waals surface area contributed by atoms with E-state index in [0.29, 0.717) is 0 Å². The number of fused-ring (bicyclic) bond motifs is 1. The molecule has 4 heteroatoms. The third-order valence-electron chi connectivity index (χ3n) is 5.11. The molecule has 1 N–H and O–H groups in total. The summed E-state index contributed by atoms with van der Waals surface area (Å²) in [6.45, 7) is 7.89. The second-order valence-corrected chi connectivity index (χ2v) is 9.19. The Morgan fingerprint density at radius 2 is 1.88 bits per heavy atom. The van der Waals surface area contributed by atoms with E-state index in [1.54, 1.807) is 11.9 Å². The fourth-order valence-corrected chi connectivity index (χ4v) is 4.15. The first-order valence-corrected chi connectivity index (χ1v) is 10.3. The molecule has 0 radical (unpaired) electrons. The molecule has 1 heterocycles. The third-order valence-corrected chi connectivity index (χ3v) is 5.96. The Balaban J connectivity index is 1.63. The number of rotatable bonds is 5. The van der Waals surface area contributed by atoms with Crippen LogP contribution in [-0.2, 0) is 12.0 Å². The molecule has 26 heavy (non-hydrogen) atoms. The van der Waals surface area contributed by atoms with Crippen LogP contribution < -0.4 is 4.72 Å². The second-order valence-electron chi connectivity index (χ2n) is 8.31. The molecular weight excluding hydrogens is 338 g/mol. The van der Waals surface area contributed by atoms with E-state index in [1.807, 2.05) is 6.07 Å². The normalized spacial score (nSPS) is 15.2. The zero-order valence-corrected chi connectivity index (χ0v) is 16.6. The Labute approximate surface area is 160 Å². The van der Waals surface area contributed by atoms with Gasteiger partial charge in [0.15, 0.2) is 0 Å². The Kier molecular flexibility index (Phi) is 4.70. The maximum atomic E-state index is 5.02. The molecule has 1 aromatic heterocycles. The lowest BCUT2D eigenvalue weighted by Crippen LogP contribution is -2.24. The number of imidazole rings is 1. The van der Waals surface area contributed by atoms with Gasteiger partial charge in [0.2, 0.25) is 0 Å². The molecule has 3 nitrogen and oxygen atoms in total. The lowest BCUT2D eigenvalue weighted by molar-refractivity contribution is 0.272. The lowest BCUT2D eigenvalue weighted by atomic mass is 9.85. The van der Waals surface area contributed by atoms with E-state index in [4.69, 9.17) is 4.98 Å². The molecule has 3 aromatic rings. The van der Waals surface area contributed by atoms with Crippen molar-refractivity contribution < 1.29 is 0 Å². The van der Waals surface area contributed by atoms with Crippen molar-refractivity contribution in [3.63, 3.8) is 0 Å². The highest BCUT2D eigenvalue weighted by atomic mass is 32.2. The van der Waals surface area contributed by atoms with Crippen LogP contribution in [0.15, 0.2) is 53.4 Å². The molecule has 0 spiro atoms. The van der Waals surface area contributed by atoms with Gasteiger partial charge in [-0.2, -0.15) is 0 Å². The number of nitrogens with one attached hydrogen (secondary N) is 1. The Morgan fingerprint density at radius 3 is 2.54 bits per heavy atom. The van der Waals surface area contributed by atoms with E-state index in [2.05, 4.69) is 72.5 Å². The van der Waals surface area contributed by atoms with Gasteiger partial charge < -0.3 is 9.29 Å². The minimum Gasteiger partial charge on any atom is -0.327 e. The van der Waals surface area contributed by atoms with Crippen LogP contribution in [0.1, 0.15) is 45.9 Å². The van der Waals surface area contributed by atoms with E-state index in [9.17, 15) is 0 Å². The van der Waals surface area contributed by atoms with Crippen molar-refractivity contribution in [2.45, 2.75) is 56.9 Å². The molecule has 1 saturated carbocycles. The Morgan fingerprint density at radius 1 is 1.12 bits per heavy atom. The van der Waals surface area contributed by atoms with Gasteiger partial charge in [0.25, 0.3) is 0 Å². The van der Waals surface area contributed by atoms with Gasteiger partial charge in [0, 0.05) is 22.5 Å². The quantitative estimate of drug-likeness (QED) is 0.542. The van der Waals surface area contributed by atoms with Gasteiger partial charge in [-0.05, 0) is 61.0 Å². The SMILES string of the molecule is CC(C)(C)c1nc2cc(NSc3ccccc3)ccc2n1CC1CCC1. The molecule has 2 aromatic carbocycles. The summed E-state index contributed by atoms with van der Waals surface area (Å²) in [6, 6.07) is 17.0. The molecule has 0 atom stereocenters. The van der Waals surface area contributed by atoms with Crippen molar-refractivity contribution in [2.24, 2.45) is 5.92 Å². The highest BCUT2D eigenvalue weighted by molar-refractivity contribution is 8.00. The van der Waals surface area contributed by atoms with Crippen LogP contribution in [0.5, 0.6) is 0 Å². The largest absolute Gasteiger partial charge is 0.327 e. The van der Waals surface area contributed by atoms with Crippen molar-refractivity contribution in [1.29, 1.82) is 0 Å². The average Bonchev–Trinajstić information content (AvgIpc) is 2.95. The molecule has 0 unspecified atom stereocenters. The minimum absolute atomic E-state index is 0.0507. The summed E-state index contributed by atoms with van der Waals surface area (Å²) in [4.78, 5) is 6.23. The molecule has 0 saturated heterocycles. The lowest BCUT2D eigenvalue weighted by Gasteiger charge is -2.29. The molecular formula is C22H27N3S. The van der Waals surface area contributed by atoms with E-state index < -0.39 is 0 Å². The maximum absolute atomic E-state index is 5.02. The minimum atomic E-state index is 0.0507. The molecule has 0 bridgehead atoms. The molecule has 1 aliphatic carbocycles. The molecule has 1 aliphatic rings. The summed E-state index contributed by atoms with van der Waals surface area (Å²) < 4.78 is 5.92. The third kappa shape index (κ3) is 3.61. The van der Waals surface area contributed by atoms with Crippen molar-refractivity contribution in [3.8, 4) is 0 Å². The van der Waals surface area contributed by atoms with Gasteiger partial charge in [-0.3, -0.25) is 0 Å². The van der Waals surface area contributed by atoms with E-state index in [1.165, 1.54) is 35.5 Å². The summed E-state index contributed by atoms with van der Waals surface area (Å²) in [5.41, 5.74) is 3.50. The average molecular weight is 366 g/mol. The number of aromatic nitrogens is 2. The molecule has 1 fully saturated rings.